The molecule has 16 heavy (non-hydrogen) atoms. The number of carbonyl (C=O) groups is 1. The molecule has 0 spiro atoms. The van der Waals surface area contributed by atoms with Crippen LogP contribution in [0.25, 0.3) is 0 Å². The molecule has 1 atom stereocenters. The lowest BCUT2D eigenvalue weighted by molar-refractivity contribution is -0.125. The Kier molecular flexibility index (Phi) is 3.70. The van der Waals surface area contributed by atoms with Crippen molar-refractivity contribution in [1.29, 1.82) is 0 Å². The van der Waals surface area contributed by atoms with Crippen LogP contribution in [0.2, 0.25) is 0 Å². The molecule has 3 N–H and O–H groups in total. The Morgan fingerprint density at radius 2 is 2.06 bits per heavy atom. The van der Waals surface area contributed by atoms with E-state index in [-0.39, 0.29) is 11.9 Å². The van der Waals surface area contributed by atoms with Crippen molar-refractivity contribution in [2.45, 2.75) is 39.3 Å². The fourth-order valence-corrected chi connectivity index (χ4v) is 1.41. The van der Waals surface area contributed by atoms with Crippen molar-refractivity contribution in [2.24, 2.45) is 5.73 Å². The fraction of sp³-hybridized carbons (Fsp3) is 0.462. The molecular formula is C13H20N2O. The minimum absolute atomic E-state index is 0.0183. The SMILES string of the molecule is Cc1cccc([C@H](C)NC(=O)C(C)(C)N)c1. The first-order valence-corrected chi connectivity index (χ1v) is 5.47. The van der Waals surface area contributed by atoms with Gasteiger partial charge in [-0.15, -0.1) is 0 Å². The summed E-state index contributed by atoms with van der Waals surface area (Å²) in [6.07, 6.45) is 0. The number of hydrogen-bond donors (Lipinski definition) is 2. The van der Waals surface area contributed by atoms with E-state index in [2.05, 4.69) is 11.4 Å². The van der Waals surface area contributed by atoms with Gasteiger partial charge >= 0.3 is 0 Å². The van der Waals surface area contributed by atoms with E-state index in [4.69, 9.17) is 5.73 Å². The van der Waals surface area contributed by atoms with Crippen LogP contribution < -0.4 is 11.1 Å². The maximum Gasteiger partial charge on any atom is 0.239 e. The summed E-state index contributed by atoms with van der Waals surface area (Å²) in [6, 6.07) is 8.07. The quantitative estimate of drug-likeness (QED) is 0.817. The minimum atomic E-state index is -0.835. The van der Waals surface area contributed by atoms with Crippen LogP contribution in [-0.2, 0) is 4.79 Å². The van der Waals surface area contributed by atoms with Crippen molar-refractivity contribution in [1.82, 2.24) is 5.32 Å². The predicted octanol–water partition coefficient (Wildman–Crippen LogP) is 1.91. The lowest BCUT2D eigenvalue weighted by Crippen LogP contribution is -2.49. The van der Waals surface area contributed by atoms with Crippen LogP contribution in [0.3, 0.4) is 0 Å². The van der Waals surface area contributed by atoms with Gasteiger partial charge < -0.3 is 11.1 Å². The number of benzene rings is 1. The molecule has 0 saturated carbocycles. The molecule has 0 fully saturated rings. The summed E-state index contributed by atoms with van der Waals surface area (Å²) in [7, 11) is 0. The van der Waals surface area contributed by atoms with Crippen molar-refractivity contribution in [3.8, 4) is 0 Å². The lowest BCUT2D eigenvalue weighted by atomic mass is 10.0. The van der Waals surface area contributed by atoms with Crippen molar-refractivity contribution < 1.29 is 4.79 Å². The third kappa shape index (κ3) is 3.35. The Labute approximate surface area is 97.0 Å². The molecule has 1 aromatic carbocycles. The highest BCUT2D eigenvalue weighted by Crippen LogP contribution is 2.14. The molecule has 0 bridgehead atoms. The first-order valence-electron chi connectivity index (χ1n) is 5.47. The van der Waals surface area contributed by atoms with Crippen molar-refractivity contribution >= 4 is 5.91 Å². The first kappa shape index (κ1) is 12.7. The van der Waals surface area contributed by atoms with Gasteiger partial charge in [0.1, 0.15) is 0 Å². The highest BCUT2D eigenvalue weighted by atomic mass is 16.2. The van der Waals surface area contributed by atoms with Crippen LogP contribution in [0.1, 0.15) is 37.9 Å². The molecule has 1 rings (SSSR count). The number of nitrogens with two attached hydrogens (primary N) is 1. The van der Waals surface area contributed by atoms with Crippen LogP contribution in [0.4, 0.5) is 0 Å². The van der Waals surface area contributed by atoms with E-state index >= 15 is 0 Å². The van der Waals surface area contributed by atoms with E-state index in [1.807, 2.05) is 32.0 Å². The predicted molar refractivity (Wildman–Crippen MR) is 66.0 cm³/mol. The summed E-state index contributed by atoms with van der Waals surface area (Å²) in [5, 5.41) is 2.90. The van der Waals surface area contributed by atoms with Gasteiger partial charge in [0.25, 0.3) is 0 Å². The molecule has 88 valence electrons. The second-order valence-corrected chi connectivity index (χ2v) is 4.83. The number of amides is 1. The topological polar surface area (TPSA) is 55.1 Å². The van der Waals surface area contributed by atoms with Gasteiger partial charge in [0.2, 0.25) is 5.91 Å². The molecule has 0 aliphatic carbocycles. The Balaban J connectivity index is 2.73. The number of rotatable bonds is 3. The van der Waals surface area contributed by atoms with Crippen LogP contribution in [0, 0.1) is 6.92 Å². The summed E-state index contributed by atoms with van der Waals surface area (Å²) in [5.74, 6) is -0.137. The first-order chi connectivity index (χ1) is 7.30. The highest BCUT2D eigenvalue weighted by molar-refractivity contribution is 5.85. The van der Waals surface area contributed by atoms with E-state index in [1.165, 1.54) is 5.56 Å². The summed E-state index contributed by atoms with van der Waals surface area (Å²) >= 11 is 0. The molecular weight excluding hydrogens is 200 g/mol. The Morgan fingerprint density at radius 1 is 1.44 bits per heavy atom. The maximum atomic E-state index is 11.7. The third-order valence-electron chi connectivity index (χ3n) is 2.47. The number of nitrogens with one attached hydrogen (secondary N) is 1. The standard InChI is InChI=1S/C13H20N2O/c1-9-6-5-7-11(8-9)10(2)15-12(16)13(3,4)14/h5-8,10H,14H2,1-4H3,(H,15,16)/t10-/m0/s1. The summed E-state index contributed by atoms with van der Waals surface area (Å²) < 4.78 is 0. The zero-order valence-corrected chi connectivity index (χ0v) is 10.4. The van der Waals surface area contributed by atoms with E-state index in [0.29, 0.717) is 0 Å². The lowest BCUT2D eigenvalue weighted by Gasteiger charge is -2.22. The fourth-order valence-electron chi connectivity index (χ4n) is 1.41. The molecule has 0 unspecified atom stereocenters. The maximum absolute atomic E-state index is 11.7. The highest BCUT2D eigenvalue weighted by Gasteiger charge is 2.23. The zero-order chi connectivity index (χ0) is 12.3. The normalized spacial score (nSPS) is 13.3. The summed E-state index contributed by atoms with van der Waals surface area (Å²) in [6.45, 7) is 7.39. The average molecular weight is 220 g/mol. The van der Waals surface area contributed by atoms with Crippen molar-refractivity contribution in [2.75, 3.05) is 0 Å². The van der Waals surface area contributed by atoms with E-state index in [1.54, 1.807) is 13.8 Å². The smallest absolute Gasteiger partial charge is 0.239 e. The molecule has 0 saturated heterocycles. The molecule has 1 amide bonds. The molecule has 0 heterocycles. The second-order valence-electron chi connectivity index (χ2n) is 4.83. The van der Waals surface area contributed by atoms with Gasteiger partial charge in [-0.1, -0.05) is 29.8 Å². The van der Waals surface area contributed by atoms with E-state index in [9.17, 15) is 4.79 Å². The Morgan fingerprint density at radius 3 is 2.56 bits per heavy atom. The molecule has 0 aliphatic heterocycles. The number of hydrogen-bond acceptors (Lipinski definition) is 2. The van der Waals surface area contributed by atoms with Crippen molar-refractivity contribution in [3.05, 3.63) is 35.4 Å². The molecule has 3 heteroatoms. The van der Waals surface area contributed by atoms with Gasteiger partial charge in [-0.25, -0.2) is 0 Å². The molecule has 3 nitrogen and oxygen atoms in total. The number of aryl methyl sites for hydroxylation is 1. The summed E-state index contributed by atoms with van der Waals surface area (Å²) in [4.78, 5) is 11.7. The second kappa shape index (κ2) is 4.66. The largest absolute Gasteiger partial charge is 0.348 e. The van der Waals surface area contributed by atoms with Gasteiger partial charge in [0, 0.05) is 0 Å². The minimum Gasteiger partial charge on any atom is -0.348 e. The number of carbonyl (C=O) groups excluding carboxylic acids is 1. The van der Waals surface area contributed by atoms with Crippen LogP contribution in [-0.4, -0.2) is 11.4 Å². The molecule has 0 aliphatic rings. The van der Waals surface area contributed by atoms with Crippen LogP contribution >= 0.6 is 0 Å². The third-order valence-corrected chi connectivity index (χ3v) is 2.47. The van der Waals surface area contributed by atoms with Gasteiger partial charge in [0.05, 0.1) is 11.6 Å². The van der Waals surface area contributed by atoms with Gasteiger partial charge in [-0.05, 0) is 33.3 Å². The zero-order valence-electron chi connectivity index (χ0n) is 10.4. The summed E-state index contributed by atoms with van der Waals surface area (Å²) in [5.41, 5.74) is 7.17. The van der Waals surface area contributed by atoms with Crippen LogP contribution in [0.5, 0.6) is 0 Å². The van der Waals surface area contributed by atoms with Crippen LogP contribution in [0.15, 0.2) is 24.3 Å². The molecule has 0 aromatic heterocycles. The Hall–Kier alpha value is -1.35. The molecule has 1 aromatic rings. The van der Waals surface area contributed by atoms with Gasteiger partial charge in [0.15, 0.2) is 0 Å². The van der Waals surface area contributed by atoms with Gasteiger partial charge in [-0.3, -0.25) is 4.79 Å². The molecule has 0 radical (unpaired) electrons. The van der Waals surface area contributed by atoms with E-state index < -0.39 is 5.54 Å². The Bertz CT molecular complexity index is 380. The monoisotopic (exact) mass is 220 g/mol. The van der Waals surface area contributed by atoms with Crippen molar-refractivity contribution in [3.63, 3.8) is 0 Å². The van der Waals surface area contributed by atoms with Gasteiger partial charge in [-0.2, -0.15) is 0 Å². The average Bonchev–Trinajstić information content (AvgIpc) is 2.16. The van der Waals surface area contributed by atoms with E-state index in [0.717, 1.165) is 5.56 Å².